The van der Waals surface area contributed by atoms with E-state index in [1.807, 2.05) is 11.8 Å². The molecular weight excluding hydrogens is 180 g/mol. The first-order valence-electron chi connectivity index (χ1n) is 5.36. The number of hydrogen-bond donors (Lipinski definition) is 1. The molecule has 2 fully saturated rings. The molecule has 2 saturated heterocycles. The Hall–Kier alpha value is -0.610. The third-order valence-corrected chi connectivity index (χ3v) is 3.23. The van der Waals surface area contributed by atoms with Crippen molar-refractivity contribution in [2.45, 2.75) is 6.92 Å². The molecule has 14 heavy (non-hydrogen) atoms. The zero-order valence-corrected chi connectivity index (χ0v) is 8.66. The van der Waals surface area contributed by atoms with E-state index in [0.29, 0.717) is 25.0 Å². The van der Waals surface area contributed by atoms with Gasteiger partial charge in [0.25, 0.3) is 0 Å². The van der Waals surface area contributed by atoms with Crippen LogP contribution in [0.25, 0.3) is 0 Å². The highest BCUT2D eigenvalue weighted by molar-refractivity contribution is 5.79. The van der Waals surface area contributed by atoms with Gasteiger partial charge in [-0.15, -0.1) is 0 Å². The van der Waals surface area contributed by atoms with Crippen LogP contribution in [0.1, 0.15) is 6.92 Å². The Bertz CT molecular complexity index is 206. The molecule has 4 nitrogen and oxygen atoms in total. The highest BCUT2D eigenvalue weighted by Crippen LogP contribution is 2.18. The van der Waals surface area contributed by atoms with Crippen LogP contribution < -0.4 is 5.32 Å². The van der Waals surface area contributed by atoms with Crippen molar-refractivity contribution in [1.29, 1.82) is 0 Å². The summed E-state index contributed by atoms with van der Waals surface area (Å²) in [6, 6.07) is 0. The summed E-state index contributed by atoms with van der Waals surface area (Å²) in [6.45, 7) is 6.97. The van der Waals surface area contributed by atoms with E-state index in [4.69, 9.17) is 4.74 Å². The van der Waals surface area contributed by atoms with Gasteiger partial charge in [0.1, 0.15) is 0 Å². The Morgan fingerprint density at radius 1 is 1.43 bits per heavy atom. The summed E-state index contributed by atoms with van der Waals surface area (Å²) in [5.74, 6) is 1.03. The first-order chi connectivity index (χ1) is 6.79. The number of carbonyl (C=O) groups excluding carboxylic acids is 1. The molecule has 2 aliphatic rings. The topological polar surface area (TPSA) is 41.6 Å². The Morgan fingerprint density at radius 2 is 2.07 bits per heavy atom. The van der Waals surface area contributed by atoms with E-state index >= 15 is 0 Å². The molecule has 0 aromatic rings. The summed E-state index contributed by atoms with van der Waals surface area (Å²) >= 11 is 0. The Balaban J connectivity index is 1.85. The third kappa shape index (κ3) is 1.91. The van der Waals surface area contributed by atoms with E-state index in [-0.39, 0.29) is 5.92 Å². The molecule has 2 rings (SSSR count). The van der Waals surface area contributed by atoms with Crippen LogP contribution >= 0.6 is 0 Å². The van der Waals surface area contributed by atoms with Gasteiger partial charge in [-0.2, -0.15) is 0 Å². The monoisotopic (exact) mass is 198 g/mol. The molecule has 4 heteroatoms. The smallest absolute Gasteiger partial charge is 0.225 e. The standard InChI is InChI=1S/C10H18N2O2/c1-8(9-6-11-7-9)10(13)12-2-4-14-5-3-12/h8-9,11H,2-7H2,1H3. The lowest BCUT2D eigenvalue weighted by molar-refractivity contribution is -0.141. The molecule has 0 bridgehead atoms. The van der Waals surface area contributed by atoms with Crippen molar-refractivity contribution in [1.82, 2.24) is 10.2 Å². The van der Waals surface area contributed by atoms with E-state index in [2.05, 4.69) is 5.32 Å². The number of amides is 1. The lowest BCUT2D eigenvalue weighted by Crippen LogP contribution is -2.52. The highest BCUT2D eigenvalue weighted by atomic mass is 16.5. The zero-order valence-electron chi connectivity index (χ0n) is 8.66. The van der Waals surface area contributed by atoms with E-state index in [9.17, 15) is 4.79 Å². The van der Waals surface area contributed by atoms with E-state index in [1.54, 1.807) is 0 Å². The van der Waals surface area contributed by atoms with Crippen LogP contribution in [0.3, 0.4) is 0 Å². The molecule has 0 saturated carbocycles. The largest absolute Gasteiger partial charge is 0.378 e. The molecule has 0 aliphatic carbocycles. The summed E-state index contributed by atoms with van der Waals surface area (Å²) < 4.78 is 5.22. The third-order valence-electron chi connectivity index (χ3n) is 3.23. The molecule has 0 aromatic heterocycles. The van der Waals surface area contributed by atoms with Crippen molar-refractivity contribution in [3.63, 3.8) is 0 Å². The molecule has 80 valence electrons. The van der Waals surface area contributed by atoms with E-state index < -0.39 is 0 Å². The average molecular weight is 198 g/mol. The summed E-state index contributed by atoms with van der Waals surface area (Å²) in [5.41, 5.74) is 0. The Morgan fingerprint density at radius 3 is 2.57 bits per heavy atom. The van der Waals surface area contributed by atoms with Gasteiger partial charge >= 0.3 is 0 Å². The van der Waals surface area contributed by atoms with Crippen LogP contribution in [-0.4, -0.2) is 50.2 Å². The van der Waals surface area contributed by atoms with Crippen LogP contribution in [0.5, 0.6) is 0 Å². The molecule has 2 aliphatic heterocycles. The molecule has 0 radical (unpaired) electrons. The fourth-order valence-electron chi connectivity index (χ4n) is 1.94. The first-order valence-corrected chi connectivity index (χ1v) is 5.36. The molecule has 1 unspecified atom stereocenters. The molecule has 0 spiro atoms. The highest BCUT2D eigenvalue weighted by Gasteiger charge is 2.31. The maximum atomic E-state index is 12.0. The molecule has 0 aromatic carbocycles. The summed E-state index contributed by atoms with van der Waals surface area (Å²) in [5, 5.41) is 3.20. The second-order valence-corrected chi connectivity index (χ2v) is 4.14. The summed E-state index contributed by atoms with van der Waals surface area (Å²) in [6.07, 6.45) is 0. The maximum Gasteiger partial charge on any atom is 0.225 e. The van der Waals surface area contributed by atoms with Gasteiger partial charge < -0.3 is 15.0 Å². The predicted molar refractivity (Wildman–Crippen MR) is 52.9 cm³/mol. The number of rotatable bonds is 2. The number of carbonyl (C=O) groups is 1. The van der Waals surface area contributed by atoms with Gasteiger partial charge in [0.2, 0.25) is 5.91 Å². The Labute approximate surface area is 84.6 Å². The molecule has 1 amide bonds. The lowest BCUT2D eigenvalue weighted by atomic mass is 9.88. The number of nitrogens with one attached hydrogen (secondary N) is 1. The van der Waals surface area contributed by atoms with Crippen LogP contribution in [0.15, 0.2) is 0 Å². The quantitative estimate of drug-likeness (QED) is 0.662. The fourth-order valence-corrected chi connectivity index (χ4v) is 1.94. The molecular formula is C10H18N2O2. The van der Waals surface area contributed by atoms with Crippen LogP contribution in [0.2, 0.25) is 0 Å². The normalized spacial score (nSPS) is 25.6. The minimum Gasteiger partial charge on any atom is -0.378 e. The van der Waals surface area contributed by atoms with Gasteiger partial charge in [0.15, 0.2) is 0 Å². The predicted octanol–water partition coefficient (Wildman–Crippen LogP) is -0.299. The minimum atomic E-state index is 0.175. The number of morpholine rings is 1. The van der Waals surface area contributed by atoms with Crippen molar-refractivity contribution in [2.75, 3.05) is 39.4 Å². The number of nitrogens with zero attached hydrogens (tertiary/aromatic N) is 1. The SMILES string of the molecule is CC(C(=O)N1CCOCC1)C1CNC1. The zero-order chi connectivity index (χ0) is 9.97. The Kier molecular flexibility index (Phi) is 3.03. The van der Waals surface area contributed by atoms with Crippen LogP contribution in [-0.2, 0) is 9.53 Å². The van der Waals surface area contributed by atoms with Gasteiger partial charge in [0, 0.05) is 19.0 Å². The number of ether oxygens (including phenoxy) is 1. The van der Waals surface area contributed by atoms with Gasteiger partial charge in [-0.3, -0.25) is 4.79 Å². The summed E-state index contributed by atoms with van der Waals surface area (Å²) in [7, 11) is 0. The van der Waals surface area contributed by atoms with Gasteiger partial charge in [-0.05, 0) is 19.0 Å². The average Bonchev–Trinajstić information content (AvgIpc) is 2.15. The molecule has 1 N–H and O–H groups in total. The first kappa shape index (κ1) is 9.93. The van der Waals surface area contributed by atoms with Gasteiger partial charge in [-0.1, -0.05) is 6.92 Å². The second kappa shape index (κ2) is 4.28. The second-order valence-electron chi connectivity index (χ2n) is 4.14. The van der Waals surface area contributed by atoms with Crippen LogP contribution in [0, 0.1) is 11.8 Å². The van der Waals surface area contributed by atoms with Crippen molar-refractivity contribution < 1.29 is 9.53 Å². The van der Waals surface area contributed by atoms with Crippen molar-refractivity contribution in [2.24, 2.45) is 11.8 Å². The van der Waals surface area contributed by atoms with Crippen LogP contribution in [0.4, 0.5) is 0 Å². The van der Waals surface area contributed by atoms with Crippen molar-refractivity contribution >= 4 is 5.91 Å². The molecule has 1 atom stereocenters. The van der Waals surface area contributed by atoms with Crippen molar-refractivity contribution in [3.8, 4) is 0 Å². The lowest BCUT2D eigenvalue weighted by Gasteiger charge is -2.36. The van der Waals surface area contributed by atoms with Crippen molar-refractivity contribution in [3.05, 3.63) is 0 Å². The minimum absolute atomic E-state index is 0.175. The fraction of sp³-hybridized carbons (Fsp3) is 0.900. The summed E-state index contributed by atoms with van der Waals surface area (Å²) in [4.78, 5) is 13.9. The number of hydrogen-bond acceptors (Lipinski definition) is 3. The van der Waals surface area contributed by atoms with E-state index in [1.165, 1.54) is 0 Å². The van der Waals surface area contributed by atoms with Gasteiger partial charge in [0.05, 0.1) is 13.2 Å². The maximum absolute atomic E-state index is 12.0. The molecule has 2 heterocycles. The van der Waals surface area contributed by atoms with E-state index in [0.717, 1.165) is 26.2 Å². The van der Waals surface area contributed by atoms with Gasteiger partial charge in [-0.25, -0.2) is 0 Å².